The second kappa shape index (κ2) is 8.40. The van der Waals surface area contributed by atoms with E-state index >= 15 is 0 Å². The molecule has 2 aromatic rings. The summed E-state index contributed by atoms with van der Waals surface area (Å²) < 4.78 is 5.46. The lowest BCUT2D eigenvalue weighted by Gasteiger charge is -2.32. The summed E-state index contributed by atoms with van der Waals surface area (Å²) in [5.74, 6) is 1.27. The molecule has 1 aromatic heterocycles. The van der Waals surface area contributed by atoms with Crippen LogP contribution in [0.15, 0.2) is 28.8 Å². The molecule has 130 valence electrons. The molecular weight excluding hydrogens is 302 g/mol. The Morgan fingerprint density at radius 1 is 1.17 bits per heavy atom. The van der Waals surface area contributed by atoms with E-state index in [9.17, 15) is 5.11 Å². The largest absolute Gasteiger partial charge is 0.395 e. The van der Waals surface area contributed by atoms with Crippen molar-refractivity contribution >= 4 is 0 Å². The van der Waals surface area contributed by atoms with Gasteiger partial charge in [0.2, 0.25) is 11.7 Å². The van der Waals surface area contributed by atoms with Gasteiger partial charge in [-0.15, -0.1) is 0 Å². The maximum absolute atomic E-state index is 9.37. The molecule has 5 heteroatoms. The molecule has 0 unspecified atom stereocenters. The van der Waals surface area contributed by atoms with Gasteiger partial charge < -0.3 is 9.63 Å². The topological polar surface area (TPSA) is 62.4 Å². The van der Waals surface area contributed by atoms with Crippen LogP contribution in [0.2, 0.25) is 0 Å². The molecule has 0 aliphatic heterocycles. The van der Waals surface area contributed by atoms with E-state index in [1.165, 1.54) is 37.7 Å². The zero-order valence-corrected chi connectivity index (χ0v) is 14.4. The van der Waals surface area contributed by atoms with Crippen molar-refractivity contribution in [3.05, 3.63) is 35.7 Å². The number of aromatic nitrogens is 2. The summed E-state index contributed by atoms with van der Waals surface area (Å²) in [4.78, 5) is 6.84. The van der Waals surface area contributed by atoms with Crippen molar-refractivity contribution < 1.29 is 9.63 Å². The van der Waals surface area contributed by atoms with Gasteiger partial charge in [-0.2, -0.15) is 4.98 Å². The molecule has 0 saturated heterocycles. The minimum Gasteiger partial charge on any atom is -0.395 e. The first-order chi connectivity index (χ1) is 11.8. The van der Waals surface area contributed by atoms with Crippen LogP contribution in [0.5, 0.6) is 0 Å². The molecule has 0 amide bonds. The van der Waals surface area contributed by atoms with Crippen LogP contribution in [0.25, 0.3) is 11.4 Å². The van der Waals surface area contributed by atoms with E-state index in [-0.39, 0.29) is 6.61 Å². The highest BCUT2D eigenvalue weighted by Gasteiger charge is 2.23. The van der Waals surface area contributed by atoms with E-state index < -0.39 is 0 Å². The number of nitrogens with zero attached hydrogens (tertiary/aromatic N) is 3. The summed E-state index contributed by atoms with van der Waals surface area (Å²) >= 11 is 0. The van der Waals surface area contributed by atoms with Crippen LogP contribution in [0, 0.1) is 0 Å². The minimum absolute atomic E-state index is 0.163. The summed E-state index contributed by atoms with van der Waals surface area (Å²) in [6.45, 7) is 3.58. The Balaban J connectivity index is 1.68. The molecule has 0 atom stereocenters. The van der Waals surface area contributed by atoms with Gasteiger partial charge in [-0.05, 0) is 24.8 Å². The molecule has 5 nitrogen and oxygen atoms in total. The number of aliphatic hydroxyl groups is 1. The smallest absolute Gasteiger partial charge is 0.241 e. The van der Waals surface area contributed by atoms with Gasteiger partial charge in [-0.3, -0.25) is 4.90 Å². The van der Waals surface area contributed by atoms with E-state index in [1.54, 1.807) is 0 Å². The number of aryl methyl sites for hydroxylation is 1. The second-order valence-corrected chi connectivity index (χ2v) is 6.55. The molecule has 0 bridgehead atoms. The predicted octanol–water partition coefficient (Wildman–Crippen LogP) is 3.43. The fraction of sp³-hybridized carbons (Fsp3) is 0.579. The third-order valence-corrected chi connectivity index (χ3v) is 4.91. The maximum atomic E-state index is 9.37. The average molecular weight is 329 g/mol. The number of hydrogen-bond acceptors (Lipinski definition) is 5. The summed E-state index contributed by atoms with van der Waals surface area (Å²) in [5.41, 5.74) is 2.28. The van der Waals surface area contributed by atoms with Crippen LogP contribution >= 0.6 is 0 Å². The zero-order valence-electron chi connectivity index (χ0n) is 14.4. The normalized spacial score (nSPS) is 16.0. The van der Waals surface area contributed by atoms with Crippen LogP contribution in [0.1, 0.15) is 50.5 Å². The van der Waals surface area contributed by atoms with Gasteiger partial charge in [0, 0.05) is 18.2 Å². The lowest BCUT2D eigenvalue weighted by Crippen LogP contribution is -2.38. The Bertz CT molecular complexity index is 618. The van der Waals surface area contributed by atoms with Gasteiger partial charge in [0.25, 0.3) is 0 Å². The highest BCUT2D eigenvalue weighted by atomic mass is 16.5. The average Bonchev–Trinajstić information content (AvgIpc) is 3.11. The summed E-state index contributed by atoms with van der Waals surface area (Å²) in [5, 5.41) is 13.5. The molecule has 1 heterocycles. The molecular formula is C19H27N3O2. The molecule has 0 radical (unpaired) electrons. The fourth-order valence-electron chi connectivity index (χ4n) is 3.46. The monoisotopic (exact) mass is 329 g/mol. The molecule has 1 aliphatic carbocycles. The molecule has 0 spiro atoms. The van der Waals surface area contributed by atoms with Crippen molar-refractivity contribution in [3.8, 4) is 11.4 Å². The van der Waals surface area contributed by atoms with Crippen molar-refractivity contribution in [1.82, 2.24) is 15.0 Å². The van der Waals surface area contributed by atoms with Crippen molar-refractivity contribution in [1.29, 1.82) is 0 Å². The van der Waals surface area contributed by atoms with Crippen LogP contribution in [0.3, 0.4) is 0 Å². The second-order valence-electron chi connectivity index (χ2n) is 6.55. The highest BCUT2D eigenvalue weighted by molar-refractivity contribution is 5.54. The molecule has 1 fully saturated rings. The van der Waals surface area contributed by atoms with Crippen LogP contribution in [0.4, 0.5) is 0 Å². The lowest BCUT2D eigenvalue weighted by molar-refractivity contribution is 0.105. The third kappa shape index (κ3) is 4.22. The Morgan fingerprint density at radius 3 is 2.58 bits per heavy atom. The number of rotatable bonds is 7. The summed E-state index contributed by atoms with van der Waals surface area (Å²) in [7, 11) is 0. The van der Waals surface area contributed by atoms with Crippen molar-refractivity contribution in [2.24, 2.45) is 0 Å². The van der Waals surface area contributed by atoms with E-state index in [0.717, 1.165) is 12.0 Å². The summed E-state index contributed by atoms with van der Waals surface area (Å²) in [6, 6.07) is 8.81. The van der Waals surface area contributed by atoms with Crippen LogP contribution in [-0.4, -0.2) is 39.3 Å². The van der Waals surface area contributed by atoms with Gasteiger partial charge in [-0.25, -0.2) is 0 Å². The van der Waals surface area contributed by atoms with Gasteiger partial charge >= 0.3 is 0 Å². The van der Waals surface area contributed by atoms with Crippen LogP contribution < -0.4 is 0 Å². The van der Waals surface area contributed by atoms with Gasteiger partial charge in [0.1, 0.15) is 0 Å². The first-order valence-corrected chi connectivity index (χ1v) is 9.07. The lowest BCUT2D eigenvalue weighted by atomic mass is 9.94. The Morgan fingerprint density at radius 2 is 1.92 bits per heavy atom. The number of hydrogen-bond donors (Lipinski definition) is 1. The van der Waals surface area contributed by atoms with Gasteiger partial charge in [0.05, 0.1) is 13.2 Å². The molecule has 1 N–H and O–H groups in total. The minimum atomic E-state index is 0.163. The standard InChI is InChI=1S/C19H27N3O2/c1-2-15-8-10-16(11-9-15)19-20-18(24-21-19)14-22(12-13-23)17-6-4-3-5-7-17/h8-11,17,23H,2-7,12-14H2,1H3. The molecule has 1 aliphatic rings. The predicted molar refractivity (Wildman–Crippen MR) is 93.5 cm³/mol. The molecule has 1 aromatic carbocycles. The third-order valence-electron chi connectivity index (χ3n) is 4.91. The molecule has 3 rings (SSSR count). The number of aliphatic hydroxyl groups excluding tert-OH is 1. The Hall–Kier alpha value is -1.72. The SMILES string of the molecule is CCc1ccc(-c2noc(CN(CCO)C3CCCCC3)n2)cc1. The Labute approximate surface area is 143 Å². The van der Waals surface area contributed by atoms with E-state index in [2.05, 4.69) is 34.1 Å². The van der Waals surface area contributed by atoms with E-state index in [4.69, 9.17) is 4.52 Å². The van der Waals surface area contributed by atoms with Crippen molar-refractivity contribution in [2.75, 3.05) is 13.2 Å². The molecule has 24 heavy (non-hydrogen) atoms. The quantitative estimate of drug-likeness (QED) is 0.843. The van der Waals surface area contributed by atoms with Crippen molar-refractivity contribution in [2.45, 2.75) is 58.0 Å². The first kappa shape index (κ1) is 17.1. The van der Waals surface area contributed by atoms with Crippen LogP contribution in [-0.2, 0) is 13.0 Å². The summed E-state index contributed by atoms with van der Waals surface area (Å²) in [6.07, 6.45) is 7.27. The van der Waals surface area contributed by atoms with Gasteiger partial charge in [-0.1, -0.05) is 55.6 Å². The maximum Gasteiger partial charge on any atom is 0.241 e. The number of benzene rings is 1. The Kier molecular flexibility index (Phi) is 5.99. The van der Waals surface area contributed by atoms with E-state index in [1.807, 2.05) is 12.1 Å². The zero-order chi connectivity index (χ0) is 16.8. The highest BCUT2D eigenvalue weighted by Crippen LogP contribution is 2.24. The van der Waals surface area contributed by atoms with E-state index in [0.29, 0.717) is 30.8 Å². The van der Waals surface area contributed by atoms with Gasteiger partial charge in [0.15, 0.2) is 0 Å². The first-order valence-electron chi connectivity index (χ1n) is 9.07. The fourth-order valence-corrected chi connectivity index (χ4v) is 3.46. The molecule has 1 saturated carbocycles. The van der Waals surface area contributed by atoms with Crippen molar-refractivity contribution in [3.63, 3.8) is 0 Å².